The summed E-state index contributed by atoms with van der Waals surface area (Å²) in [6.45, 7) is 3.73. The average molecular weight is 921 g/mol. The van der Waals surface area contributed by atoms with Crippen LogP contribution in [0, 0.1) is 0 Å². The Kier molecular flexibility index (Phi) is 38.2. The minimum atomic E-state index is -5.08. The molecule has 1 aliphatic rings. The van der Waals surface area contributed by atoms with Crippen molar-refractivity contribution in [2.45, 2.75) is 192 Å². The number of carbonyl (C=O) groups excluding carboxylic acids is 1. The van der Waals surface area contributed by atoms with Crippen LogP contribution in [-0.2, 0) is 38.3 Å². The molecule has 1 saturated heterocycles. The van der Waals surface area contributed by atoms with Gasteiger partial charge in [-0.1, -0.05) is 162 Å². The lowest BCUT2D eigenvalue weighted by atomic mass is 9.99. The van der Waals surface area contributed by atoms with E-state index >= 15 is 0 Å². The predicted octanol–water partition coefficient (Wildman–Crippen LogP) is 10.6. The summed E-state index contributed by atoms with van der Waals surface area (Å²) in [4.78, 5) is 12.8. The molecule has 0 amide bonds. The normalized spacial score (nSPS) is 20.6. The standard InChI is InChI=1S/C51H84O12S/c1-3-5-7-9-11-13-15-17-19-21-23-24-26-28-30-32-34-36-38-40-47(53)61-45(44-60-51-49(55)50(63-64(56,57)58)48(54)46(42-52)62-51)43-59-41-39-37-35-33-31-29-27-25-22-20-18-16-14-12-10-8-6-4-2/h5,7,11-14,17-20,23-24,28,30,34,36,45-46,48-52,54-55H,3-4,6,8-10,15-16,21-22,25-27,29,31-33,35,37-44H2,1-2H3,(H,56,57,58)/b7-5-,13-11-,14-12-,19-17-,20-18-,24-23-,30-28-,36-34-. The van der Waals surface area contributed by atoms with E-state index in [4.69, 9.17) is 18.9 Å². The second-order valence-electron chi connectivity index (χ2n) is 16.0. The zero-order valence-corrected chi connectivity index (χ0v) is 39.9. The van der Waals surface area contributed by atoms with Gasteiger partial charge in [0, 0.05) is 13.0 Å². The fourth-order valence-electron chi connectivity index (χ4n) is 6.61. The Morgan fingerprint density at radius 1 is 0.609 bits per heavy atom. The first-order valence-corrected chi connectivity index (χ1v) is 25.4. The molecule has 4 N–H and O–H groups in total. The number of allylic oxidation sites excluding steroid dienone is 16. The molecule has 1 heterocycles. The molecule has 0 saturated carbocycles. The number of hydrogen-bond acceptors (Lipinski definition) is 11. The van der Waals surface area contributed by atoms with Gasteiger partial charge in [-0.25, -0.2) is 4.18 Å². The van der Waals surface area contributed by atoms with Crippen molar-refractivity contribution in [3.05, 3.63) is 97.2 Å². The van der Waals surface area contributed by atoms with Crippen LogP contribution in [0.15, 0.2) is 97.2 Å². The van der Waals surface area contributed by atoms with Crippen LogP contribution in [0.25, 0.3) is 0 Å². The molecule has 0 aromatic heterocycles. The van der Waals surface area contributed by atoms with Crippen LogP contribution < -0.4 is 0 Å². The number of rotatable bonds is 40. The number of hydrogen-bond donors (Lipinski definition) is 4. The Balaban J connectivity index is 2.47. The average Bonchev–Trinajstić information content (AvgIpc) is 3.27. The number of esters is 1. The van der Waals surface area contributed by atoms with E-state index in [-0.39, 0.29) is 19.6 Å². The monoisotopic (exact) mass is 921 g/mol. The molecule has 366 valence electrons. The van der Waals surface area contributed by atoms with Crippen LogP contribution in [0.5, 0.6) is 0 Å². The fourth-order valence-corrected chi connectivity index (χ4v) is 7.12. The quantitative estimate of drug-likeness (QED) is 0.0198. The van der Waals surface area contributed by atoms with Gasteiger partial charge in [0.05, 0.1) is 19.8 Å². The van der Waals surface area contributed by atoms with Gasteiger partial charge in [-0.2, -0.15) is 8.42 Å². The molecule has 0 bridgehead atoms. The molecule has 0 aromatic rings. The van der Waals surface area contributed by atoms with E-state index in [1.807, 2.05) is 12.2 Å². The lowest BCUT2D eigenvalue weighted by Crippen LogP contribution is -2.60. The van der Waals surface area contributed by atoms with Gasteiger partial charge >= 0.3 is 16.4 Å². The van der Waals surface area contributed by atoms with E-state index < -0.39 is 59.8 Å². The first-order valence-electron chi connectivity index (χ1n) is 24.0. The van der Waals surface area contributed by atoms with Crippen molar-refractivity contribution in [3.8, 4) is 0 Å². The maximum atomic E-state index is 12.8. The van der Waals surface area contributed by atoms with E-state index in [0.29, 0.717) is 13.0 Å². The molecule has 0 aliphatic carbocycles. The van der Waals surface area contributed by atoms with E-state index in [9.17, 15) is 33.1 Å². The minimum absolute atomic E-state index is 0.00480. The van der Waals surface area contributed by atoms with Gasteiger partial charge in [-0.15, -0.1) is 0 Å². The minimum Gasteiger partial charge on any atom is -0.457 e. The van der Waals surface area contributed by atoms with Crippen LogP contribution >= 0.6 is 0 Å². The Morgan fingerprint density at radius 2 is 1.08 bits per heavy atom. The van der Waals surface area contributed by atoms with E-state index in [1.165, 1.54) is 57.8 Å². The number of ether oxygens (including phenoxy) is 4. The van der Waals surface area contributed by atoms with Crippen molar-refractivity contribution in [1.82, 2.24) is 0 Å². The molecule has 1 fully saturated rings. The maximum absolute atomic E-state index is 12.8. The highest BCUT2D eigenvalue weighted by Gasteiger charge is 2.48. The SMILES string of the molecule is CC/C=C\C/C=C\C/C=C\C/C=C\C/C=C\C/C=C\CCC(=O)OC(COCCCCCCCCCC/C=C\C/C=C\CCCCC)COC1OC(CO)C(O)C(OS(=O)(=O)O)C1O. The summed E-state index contributed by atoms with van der Waals surface area (Å²) < 4.78 is 59.0. The molecular weight excluding hydrogens is 837 g/mol. The molecule has 0 radical (unpaired) electrons. The summed E-state index contributed by atoms with van der Waals surface area (Å²) in [5.74, 6) is -0.487. The van der Waals surface area contributed by atoms with Crippen molar-refractivity contribution in [2.24, 2.45) is 0 Å². The molecule has 64 heavy (non-hydrogen) atoms. The van der Waals surface area contributed by atoms with Gasteiger partial charge in [0.2, 0.25) is 0 Å². The number of aliphatic hydroxyl groups is 3. The summed E-state index contributed by atoms with van der Waals surface area (Å²) in [7, 11) is -5.08. The Bertz CT molecular complexity index is 1480. The van der Waals surface area contributed by atoms with E-state index in [0.717, 1.165) is 70.6 Å². The van der Waals surface area contributed by atoms with Gasteiger partial charge in [0.25, 0.3) is 0 Å². The topological polar surface area (TPSA) is 178 Å². The Hall–Kier alpha value is -2.98. The molecule has 0 spiro atoms. The molecule has 1 aliphatic heterocycles. The third-order valence-corrected chi connectivity index (χ3v) is 10.7. The van der Waals surface area contributed by atoms with Crippen molar-refractivity contribution in [1.29, 1.82) is 0 Å². The molecular formula is C51H84O12S. The second-order valence-corrected chi connectivity index (χ2v) is 17.0. The third kappa shape index (κ3) is 34.4. The summed E-state index contributed by atoms with van der Waals surface area (Å²) in [5, 5.41) is 30.7. The van der Waals surface area contributed by atoms with Crippen molar-refractivity contribution >= 4 is 16.4 Å². The highest BCUT2D eigenvalue weighted by Crippen LogP contribution is 2.26. The van der Waals surface area contributed by atoms with Gasteiger partial charge in [-0.05, 0) is 83.5 Å². The van der Waals surface area contributed by atoms with Crippen molar-refractivity contribution < 1.29 is 56.2 Å². The fraction of sp³-hybridized carbons (Fsp3) is 0.667. The largest absolute Gasteiger partial charge is 0.457 e. The first-order chi connectivity index (χ1) is 31.1. The zero-order chi connectivity index (χ0) is 46.8. The van der Waals surface area contributed by atoms with Crippen LogP contribution in [0.3, 0.4) is 0 Å². The molecule has 1 rings (SSSR count). The maximum Gasteiger partial charge on any atom is 0.397 e. The summed E-state index contributed by atoms with van der Waals surface area (Å²) >= 11 is 0. The molecule has 13 heteroatoms. The summed E-state index contributed by atoms with van der Waals surface area (Å²) in [5.41, 5.74) is 0. The summed E-state index contributed by atoms with van der Waals surface area (Å²) in [6.07, 6.45) is 47.3. The first kappa shape index (κ1) is 59.0. The number of aliphatic hydroxyl groups excluding tert-OH is 3. The number of unbranched alkanes of at least 4 members (excludes halogenated alkanes) is 11. The molecule has 6 atom stereocenters. The third-order valence-electron chi connectivity index (χ3n) is 10.2. The van der Waals surface area contributed by atoms with Crippen LogP contribution in [0.2, 0.25) is 0 Å². The van der Waals surface area contributed by atoms with Gasteiger partial charge < -0.3 is 34.3 Å². The highest BCUT2D eigenvalue weighted by molar-refractivity contribution is 7.80. The summed E-state index contributed by atoms with van der Waals surface area (Å²) in [6, 6.07) is 0. The molecule has 0 aromatic carbocycles. The van der Waals surface area contributed by atoms with E-state index in [2.05, 4.69) is 103 Å². The van der Waals surface area contributed by atoms with Crippen LogP contribution in [-0.4, -0.2) is 97.5 Å². The molecule has 6 unspecified atom stereocenters. The van der Waals surface area contributed by atoms with Gasteiger partial charge in [-0.3, -0.25) is 9.35 Å². The van der Waals surface area contributed by atoms with Crippen molar-refractivity contribution in [2.75, 3.05) is 26.4 Å². The lowest BCUT2D eigenvalue weighted by molar-refractivity contribution is -0.301. The zero-order valence-electron chi connectivity index (χ0n) is 39.0. The van der Waals surface area contributed by atoms with Crippen LogP contribution in [0.4, 0.5) is 0 Å². The van der Waals surface area contributed by atoms with Crippen LogP contribution in [0.1, 0.15) is 155 Å². The Labute approximate surface area is 386 Å². The van der Waals surface area contributed by atoms with Crippen molar-refractivity contribution in [3.63, 3.8) is 0 Å². The molecule has 12 nitrogen and oxygen atoms in total. The van der Waals surface area contributed by atoms with Gasteiger partial charge in [0.15, 0.2) is 6.29 Å². The van der Waals surface area contributed by atoms with E-state index in [1.54, 1.807) is 0 Å². The second kappa shape index (κ2) is 41.5. The highest BCUT2D eigenvalue weighted by atomic mass is 32.3. The smallest absolute Gasteiger partial charge is 0.397 e. The predicted molar refractivity (Wildman–Crippen MR) is 257 cm³/mol. The lowest BCUT2D eigenvalue weighted by Gasteiger charge is -2.41. The number of carbonyl (C=O) groups is 1. The Morgan fingerprint density at radius 3 is 1.58 bits per heavy atom. The van der Waals surface area contributed by atoms with Gasteiger partial charge in [0.1, 0.15) is 30.5 Å².